The van der Waals surface area contributed by atoms with Crippen LogP contribution < -0.4 is 5.73 Å². The van der Waals surface area contributed by atoms with E-state index in [0.717, 1.165) is 18.4 Å². The van der Waals surface area contributed by atoms with Gasteiger partial charge in [0.25, 0.3) is 0 Å². The first-order chi connectivity index (χ1) is 6.18. The number of hydrogen-bond donors (Lipinski definition) is 2. The molecule has 2 unspecified atom stereocenters. The molecule has 1 aromatic rings. The fraction of sp³-hybridized carbons (Fsp3) is 0.455. The highest BCUT2D eigenvalue weighted by atomic mass is 16.3. The Morgan fingerprint density at radius 1 is 1.46 bits per heavy atom. The number of aliphatic hydroxyl groups is 1. The maximum absolute atomic E-state index is 9.59. The summed E-state index contributed by atoms with van der Waals surface area (Å²) in [5.41, 5.74) is 9.54. The summed E-state index contributed by atoms with van der Waals surface area (Å²) in [5, 5.41) is 9.59. The van der Waals surface area contributed by atoms with E-state index in [1.165, 1.54) is 11.1 Å². The Morgan fingerprint density at radius 3 is 3.00 bits per heavy atom. The van der Waals surface area contributed by atoms with Crippen molar-refractivity contribution in [1.29, 1.82) is 0 Å². The van der Waals surface area contributed by atoms with Crippen LogP contribution in [0.25, 0.3) is 0 Å². The molecule has 1 aromatic carbocycles. The van der Waals surface area contributed by atoms with E-state index in [2.05, 4.69) is 18.2 Å². The van der Waals surface area contributed by atoms with Crippen LogP contribution in [0.15, 0.2) is 18.2 Å². The second-order valence-corrected chi connectivity index (χ2v) is 3.83. The lowest BCUT2D eigenvalue weighted by Crippen LogP contribution is -2.31. The number of aliphatic hydroxyl groups excluding tert-OH is 1. The highest BCUT2D eigenvalue weighted by Crippen LogP contribution is 2.28. The number of rotatable bonds is 0. The first-order valence-electron chi connectivity index (χ1n) is 4.71. The summed E-state index contributed by atoms with van der Waals surface area (Å²) >= 11 is 0. The second-order valence-electron chi connectivity index (χ2n) is 3.83. The van der Waals surface area contributed by atoms with Gasteiger partial charge in [0.1, 0.15) is 0 Å². The highest BCUT2D eigenvalue weighted by Gasteiger charge is 2.24. The molecule has 2 nitrogen and oxygen atoms in total. The molecule has 1 aliphatic rings. The quantitative estimate of drug-likeness (QED) is 0.627. The van der Waals surface area contributed by atoms with E-state index in [1.54, 1.807) is 0 Å². The van der Waals surface area contributed by atoms with Crippen molar-refractivity contribution < 1.29 is 5.11 Å². The second kappa shape index (κ2) is 3.13. The van der Waals surface area contributed by atoms with Gasteiger partial charge in [0.15, 0.2) is 0 Å². The van der Waals surface area contributed by atoms with Crippen molar-refractivity contribution in [2.45, 2.75) is 31.9 Å². The number of hydrogen-bond acceptors (Lipinski definition) is 2. The monoisotopic (exact) mass is 177 g/mol. The van der Waals surface area contributed by atoms with Gasteiger partial charge >= 0.3 is 0 Å². The van der Waals surface area contributed by atoms with Gasteiger partial charge in [0, 0.05) is 0 Å². The Bertz CT molecular complexity index is 322. The molecule has 0 saturated carbocycles. The van der Waals surface area contributed by atoms with Crippen LogP contribution in [0, 0.1) is 6.92 Å². The average Bonchev–Trinajstić information content (AvgIpc) is 2.12. The van der Waals surface area contributed by atoms with Gasteiger partial charge in [-0.3, -0.25) is 0 Å². The van der Waals surface area contributed by atoms with Crippen LogP contribution in [0.3, 0.4) is 0 Å². The third-order valence-corrected chi connectivity index (χ3v) is 2.78. The van der Waals surface area contributed by atoms with E-state index >= 15 is 0 Å². The van der Waals surface area contributed by atoms with Gasteiger partial charge in [-0.25, -0.2) is 0 Å². The Hall–Kier alpha value is -0.860. The van der Waals surface area contributed by atoms with Crippen molar-refractivity contribution in [2.24, 2.45) is 5.73 Å². The van der Waals surface area contributed by atoms with E-state index in [4.69, 9.17) is 5.73 Å². The molecule has 0 aromatic heterocycles. The Labute approximate surface area is 78.4 Å². The molecule has 0 bridgehead atoms. The van der Waals surface area contributed by atoms with E-state index < -0.39 is 0 Å². The van der Waals surface area contributed by atoms with Crippen LogP contribution in [-0.4, -0.2) is 11.2 Å². The molecule has 0 amide bonds. The zero-order valence-electron chi connectivity index (χ0n) is 7.83. The lowest BCUT2D eigenvalue weighted by molar-refractivity contribution is 0.128. The smallest absolute Gasteiger partial charge is 0.0736 e. The minimum atomic E-state index is -0.366. The lowest BCUT2D eigenvalue weighted by Gasteiger charge is -2.27. The first-order valence-corrected chi connectivity index (χ1v) is 4.71. The third-order valence-electron chi connectivity index (χ3n) is 2.78. The molecule has 0 radical (unpaired) electrons. The van der Waals surface area contributed by atoms with Crippen molar-refractivity contribution in [1.82, 2.24) is 0 Å². The molecular weight excluding hydrogens is 162 g/mol. The number of benzene rings is 1. The van der Waals surface area contributed by atoms with Crippen LogP contribution in [0.5, 0.6) is 0 Å². The fourth-order valence-electron chi connectivity index (χ4n) is 1.94. The van der Waals surface area contributed by atoms with Crippen LogP contribution in [0.1, 0.15) is 29.2 Å². The molecule has 0 saturated heterocycles. The minimum Gasteiger partial charge on any atom is -0.391 e. The molecule has 2 atom stereocenters. The largest absolute Gasteiger partial charge is 0.391 e. The number of nitrogens with two attached hydrogens (primary N) is 1. The van der Waals surface area contributed by atoms with Crippen LogP contribution >= 0.6 is 0 Å². The van der Waals surface area contributed by atoms with Gasteiger partial charge in [-0.1, -0.05) is 23.8 Å². The van der Waals surface area contributed by atoms with Gasteiger partial charge in [-0.15, -0.1) is 0 Å². The van der Waals surface area contributed by atoms with Gasteiger partial charge in [-0.05, 0) is 30.9 Å². The summed E-state index contributed by atoms with van der Waals surface area (Å²) in [7, 11) is 0. The Kier molecular flexibility index (Phi) is 2.10. The van der Waals surface area contributed by atoms with Crippen molar-refractivity contribution in [3.8, 4) is 0 Å². The zero-order valence-corrected chi connectivity index (χ0v) is 7.83. The SMILES string of the molecule is Cc1ccc2c(c1)C(N)C(O)CC2. The Balaban J connectivity index is 2.45. The predicted molar refractivity (Wildman–Crippen MR) is 52.4 cm³/mol. The first kappa shape index (κ1) is 8.73. The number of fused-ring (bicyclic) bond motifs is 1. The maximum atomic E-state index is 9.59. The molecule has 3 N–H and O–H groups in total. The van der Waals surface area contributed by atoms with Gasteiger partial charge in [0.05, 0.1) is 12.1 Å². The van der Waals surface area contributed by atoms with Gasteiger partial charge in [-0.2, -0.15) is 0 Å². The normalized spacial score (nSPS) is 27.0. The summed E-state index contributed by atoms with van der Waals surface area (Å²) in [5.74, 6) is 0. The standard InChI is InChI=1S/C11H15NO/c1-7-2-3-8-4-5-10(13)11(12)9(8)6-7/h2-3,6,10-11,13H,4-5,12H2,1H3. The molecular formula is C11H15NO. The van der Waals surface area contributed by atoms with E-state index in [9.17, 15) is 5.11 Å². The van der Waals surface area contributed by atoms with Gasteiger partial charge in [0.2, 0.25) is 0 Å². The summed E-state index contributed by atoms with van der Waals surface area (Å²) in [6.07, 6.45) is 1.37. The summed E-state index contributed by atoms with van der Waals surface area (Å²) < 4.78 is 0. The van der Waals surface area contributed by atoms with Crippen molar-refractivity contribution in [3.63, 3.8) is 0 Å². The zero-order chi connectivity index (χ0) is 9.42. The molecule has 13 heavy (non-hydrogen) atoms. The maximum Gasteiger partial charge on any atom is 0.0736 e. The van der Waals surface area contributed by atoms with Crippen molar-refractivity contribution >= 4 is 0 Å². The van der Waals surface area contributed by atoms with Crippen LogP contribution in [0.4, 0.5) is 0 Å². The van der Waals surface area contributed by atoms with E-state index in [0.29, 0.717) is 0 Å². The summed E-state index contributed by atoms with van der Waals surface area (Å²) in [6.45, 7) is 2.05. The van der Waals surface area contributed by atoms with Crippen LogP contribution in [-0.2, 0) is 6.42 Å². The van der Waals surface area contributed by atoms with E-state index in [1.807, 2.05) is 6.92 Å². The molecule has 0 spiro atoms. The highest BCUT2D eigenvalue weighted by molar-refractivity contribution is 5.36. The molecule has 2 rings (SSSR count). The molecule has 0 aliphatic heterocycles. The molecule has 0 heterocycles. The molecule has 0 fully saturated rings. The molecule has 1 aliphatic carbocycles. The summed E-state index contributed by atoms with van der Waals surface area (Å²) in [4.78, 5) is 0. The fourth-order valence-corrected chi connectivity index (χ4v) is 1.94. The predicted octanol–water partition coefficient (Wildman–Crippen LogP) is 1.30. The number of aryl methyl sites for hydroxylation is 2. The van der Waals surface area contributed by atoms with Gasteiger partial charge < -0.3 is 10.8 Å². The Morgan fingerprint density at radius 2 is 2.23 bits per heavy atom. The van der Waals surface area contributed by atoms with Crippen molar-refractivity contribution in [3.05, 3.63) is 34.9 Å². The lowest BCUT2D eigenvalue weighted by atomic mass is 9.85. The van der Waals surface area contributed by atoms with Crippen LogP contribution in [0.2, 0.25) is 0 Å². The minimum absolute atomic E-state index is 0.191. The average molecular weight is 177 g/mol. The van der Waals surface area contributed by atoms with E-state index in [-0.39, 0.29) is 12.1 Å². The molecule has 2 heteroatoms. The third kappa shape index (κ3) is 1.47. The summed E-state index contributed by atoms with van der Waals surface area (Å²) in [6, 6.07) is 6.12. The topological polar surface area (TPSA) is 46.2 Å². The molecule has 70 valence electrons. The van der Waals surface area contributed by atoms with Crippen molar-refractivity contribution in [2.75, 3.05) is 0 Å².